The van der Waals surface area contributed by atoms with Crippen molar-refractivity contribution in [3.8, 4) is 0 Å². The second-order valence-electron chi connectivity index (χ2n) is 7.51. The van der Waals surface area contributed by atoms with E-state index in [4.69, 9.17) is 0 Å². The number of rotatable bonds is 7. The number of nitrogens with zero attached hydrogens (tertiary/aromatic N) is 3. The Hall–Kier alpha value is -2.89. The minimum atomic E-state index is -4.80. The van der Waals surface area contributed by atoms with Crippen molar-refractivity contribution in [2.24, 2.45) is 0 Å². The molecule has 3 aromatic rings. The quantitative estimate of drug-likeness (QED) is 0.504. The van der Waals surface area contributed by atoms with Gasteiger partial charge < -0.3 is 5.32 Å². The highest BCUT2D eigenvalue weighted by molar-refractivity contribution is 7.86. The third kappa shape index (κ3) is 5.87. The molecule has 0 aliphatic carbocycles. The fourth-order valence-corrected chi connectivity index (χ4v) is 4.70. The molecule has 2 heterocycles. The Morgan fingerprint density at radius 1 is 1.03 bits per heavy atom. The lowest BCUT2D eigenvalue weighted by atomic mass is 10.0. The lowest BCUT2D eigenvalue weighted by molar-refractivity contribution is 0.102. The zero-order valence-electron chi connectivity index (χ0n) is 17.1. The number of piperidine rings is 1. The number of hydrogen-bond acceptors (Lipinski definition) is 8. The van der Waals surface area contributed by atoms with Crippen LogP contribution in [0.4, 0.5) is 14.1 Å². The fraction of sp³-hybridized carbons (Fsp3) is 0.286. The summed E-state index contributed by atoms with van der Waals surface area (Å²) in [4.78, 5) is 14.3. The first-order valence-corrected chi connectivity index (χ1v) is 12.3. The number of anilines is 2. The molecule has 8 nitrogen and oxygen atoms in total. The van der Waals surface area contributed by atoms with Gasteiger partial charge in [-0.15, -0.1) is 14.1 Å². The summed E-state index contributed by atoms with van der Waals surface area (Å²) < 4.78 is 34.7. The second kappa shape index (κ2) is 9.72. The van der Waals surface area contributed by atoms with Gasteiger partial charge in [0, 0.05) is 31.2 Å². The Morgan fingerprint density at radius 2 is 1.69 bits per heavy atom. The number of nitrogens with one attached hydrogen (secondary N) is 2. The molecule has 0 spiro atoms. The Balaban J connectivity index is 1.26. The maximum atomic E-state index is 13.0. The molecule has 0 radical (unpaired) electrons. The van der Waals surface area contributed by atoms with Gasteiger partial charge in [0.15, 0.2) is 0 Å². The van der Waals surface area contributed by atoms with Gasteiger partial charge in [-0.1, -0.05) is 41.7 Å². The van der Waals surface area contributed by atoms with E-state index in [0.29, 0.717) is 10.3 Å². The Morgan fingerprint density at radius 3 is 2.34 bits per heavy atom. The predicted octanol–water partition coefficient (Wildman–Crippen LogP) is 3.53. The molecule has 0 unspecified atom stereocenters. The average Bonchev–Trinajstić information content (AvgIpc) is 3.22. The summed E-state index contributed by atoms with van der Waals surface area (Å²) in [7, 11) is -4.80. The molecule has 11 heteroatoms. The highest BCUT2D eigenvalue weighted by Gasteiger charge is 2.21. The van der Waals surface area contributed by atoms with Crippen LogP contribution in [0.15, 0.2) is 59.5 Å². The lowest BCUT2D eigenvalue weighted by Crippen LogP contribution is -2.38. The summed E-state index contributed by atoms with van der Waals surface area (Å²) in [6, 6.07) is 15.3. The monoisotopic (exact) mass is 475 g/mol. The second-order valence-corrected chi connectivity index (χ2v) is 9.83. The number of amides is 1. The number of carbonyl (C=O) groups excluding carboxylic acids is 1. The minimum absolute atomic E-state index is 0.188. The fourth-order valence-electron chi connectivity index (χ4n) is 3.52. The molecular weight excluding hydrogens is 453 g/mol. The normalized spacial score (nSPS) is 15.4. The first-order chi connectivity index (χ1) is 15.4. The smallest absolute Gasteiger partial charge is 0.332 e. The molecule has 2 N–H and O–H groups in total. The Bertz CT molecular complexity index is 1160. The SMILES string of the molecule is O=C(Nc1nnc(NC2CCN(Cc3ccccc3)CC2)s1)c1ccc(S(=O)(=O)F)cc1. The molecule has 0 atom stereocenters. The molecule has 1 amide bonds. The molecule has 0 bridgehead atoms. The van der Waals surface area contributed by atoms with Crippen LogP contribution in [0, 0.1) is 0 Å². The maximum absolute atomic E-state index is 13.0. The van der Waals surface area contributed by atoms with Crippen LogP contribution in [-0.2, 0) is 16.8 Å². The summed E-state index contributed by atoms with van der Waals surface area (Å²) >= 11 is 1.23. The third-order valence-electron chi connectivity index (χ3n) is 5.21. The lowest BCUT2D eigenvalue weighted by Gasteiger charge is -2.32. The van der Waals surface area contributed by atoms with Crippen molar-refractivity contribution in [2.75, 3.05) is 23.7 Å². The van der Waals surface area contributed by atoms with Crippen molar-refractivity contribution >= 4 is 37.7 Å². The minimum Gasteiger partial charge on any atom is -0.357 e. The molecule has 1 fully saturated rings. The van der Waals surface area contributed by atoms with Gasteiger partial charge in [0.25, 0.3) is 5.91 Å². The summed E-state index contributed by atoms with van der Waals surface area (Å²) in [6.07, 6.45) is 1.97. The van der Waals surface area contributed by atoms with Crippen molar-refractivity contribution in [3.63, 3.8) is 0 Å². The Labute approximate surface area is 189 Å². The largest absolute Gasteiger partial charge is 0.357 e. The average molecular weight is 476 g/mol. The third-order valence-corrected chi connectivity index (χ3v) is 6.81. The first kappa shape index (κ1) is 22.3. The zero-order valence-corrected chi connectivity index (χ0v) is 18.7. The molecule has 1 aliphatic rings. The van der Waals surface area contributed by atoms with Crippen LogP contribution in [0.1, 0.15) is 28.8 Å². The maximum Gasteiger partial charge on any atom is 0.332 e. The van der Waals surface area contributed by atoms with Gasteiger partial charge in [-0.25, -0.2) is 0 Å². The van der Waals surface area contributed by atoms with Gasteiger partial charge in [-0.3, -0.25) is 15.0 Å². The van der Waals surface area contributed by atoms with Gasteiger partial charge in [0.05, 0.1) is 4.90 Å². The molecule has 1 saturated heterocycles. The van der Waals surface area contributed by atoms with Crippen LogP contribution in [-0.4, -0.2) is 48.6 Å². The first-order valence-electron chi connectivity index (χ1n) is 10.1. The van der Waals surface area contributed by atoms with E-state index >= 15 is 0 Å². The topological polar surface area (TPSA) is 104 Å². The Kier molecular flexibility index (Phi) is 6.77. The van der Waals surface area contributed by atoms with Gasteiger partial charge in [0.1, 0.15) is 0 Å². The summed E-state index contributed by atoms with van der Waals surface area (Å²) in [5, 5.41) is 15.0. The standard InChI is InChI=1S/C21H22FN5O3S2/c22-32(29,30)18-8-6-16(7-9-18)19(28)24-21-26-25-20(31-21)23-17-10-12-27(13-11-17)14-15-4-2-1-3-5-15/h1-9,17H,10-14H2,(H,23,25)(H,24,26,28). The van der Waals surface area contributed by atoms with Gasteiger partial charge >= 0.3 is 10.2 Å². The van der Waals surface area contributed by atoms with Crippen molar-refractivity contribution in [1.29, 1.82) is 0 Å². The summed E-state index contributed by atoms with van der Waals surface area (Å²) in [6.45, 7) is 2.92. The van der Waals surface area contributed by atoms with Crippen LogP contribution < -0.4 is 10.6 Å². The highest BCUT2D eigenvalue weighted by Crippen LogP contribution is 2.24. The van der Waals surface area contributed by atoms with Crippen LogP contribution in [0.5, 0.6) is 0 Å². The molecule has 4 rings (SSSR count). The number of benzene rings is 2. The number of halogens is 1. The van der Waals surface area contributed by atoms with Gasteiger partial charge in [0.2, 0.25) is 10.3 Å². The molecule has 32 heavy (non-hydrogen) atoms. The van der Waals surface area contributed by atoms with Gasteiger partial charge in [-0.05, 0) is 42.7 Å². The van der Waals surface area contributed by atoms with Crippen LogP contribution in [0.3, 0.4) is 0 Å². The van der Waals surface area contributed by atoms with Crippen LogP contribution in [0.25, 0.3) is 0 Å². The number of likely N-dealkylation sites (tertiary alicyclic amines) is 1. The number of aromatic nitrogens is 2. The van der Waals surface area contributed by atoms with Crippen LogP contribution in [0.2, 0.25) is 0 Å². The van der Waals surface area contributed by atoms with E-state index in [-0.39, 0.29) is 11.6 Å². The molecule has 2 aromatic carbocycles. The molecule has 0 saturated carbocycles. The van der Waals surface area contributed by atoms with E-state index in [9.17, 15) is 17.1 Å². The molecule has 168 valence electrons. The van der Waals surface area contributed by atoms with E-state index in [1.807, 2.05) is 6.07 Å². The van der Waals surface area contributed by atoms with E-state index in [1.165, 1.54) is 29.0 Å². The van der Waals surface area contributed by atoms with E-state index < -0.39 is 21.0 Å². The highest BCUT2D eigenvalue weighted by atomic mass is 32.3. The predicted molar refractivity (Wildman–Crippen MR) is 121 cm³/mol. The van der Waals surface area contributed by atoms with Crippen molar-refractivity contribution in [3.05, 3.63) is 65.7 Å². The summed E-state index contributed by atoms with van der Waals surface area (Å²) in [5.74, 6) is -0.482. The summed E-state index contributed by atoms with van der Waals surface area (Å²) in [5.41, 5.74) is 1.50. The molecular formula is C21H22FN5O3S2. The molecule has 1 aromatic heterocycles. The number of carbonyl (C=O) groups is 1. The molecule has 1 aliphatic heterocycles. The van der Waals surface area contributed by atoms with Gasteiger partial charge in [-0.2, -0.15) is 8.42 Å². The van der Waals surface area contributed by atoms with Crippen molar-refractivity contribution in [2.45, 2.75) is 30.3 Å². The number of hydrogen-bond donors (Lipinski definition) is 2. The van der Waals surface area contributed by atoms with Crippen molar-refractivity contribution < 1.29 is 17.1 Å². The zero-order chi connectivity index (χ0) is 22.6. The van der Waals surface area contributed by atoms with E-state index in [0.717, 1.165) is 44.6 Å². The van der Waals surface area contributed by atoms with E-state index in [2.05, 4.69) is 50.0 Å². The van der Waals surface area contributed by atoms with Crippen LogP contribution >= 0.6 is 11.3 Å². The van der Waals surface area contributed by atoms with Crippen molar-refractivity contribution in [1.82, 2.24) is 15.1 Å². The van der Waals surface area contributed by atoms with E-state index in [1.54, 1.807) is 0 Å².